The van der Waals surface area contributed by atoms with Crippen LogP contribution in [0.3, 0.4) is 0 Å². The van der Waals surface area contributed by atoms with Gasteiger partial charge in [-0.05, 0) is 36.2 Å². The summed E-state index contributed by atoms with van der Waals surface area (Å²) in [5.74, 6) is 0.579. The number of hydrogen-bond donors (Lipinski definition) is 3. The lowest BCUT2D eigenvalue weighted by Gasteiger charge is -2.23. The van der Waals surface area contributed by atoms with E-state index >= 15 is 0 Å². The largest absolute Gasteiger partial charge is 0.384 e. The Bertz CT molecular complexity index is 545. The summed E-state index contributed by atoms with van der Waals surface area (Å²) in [5, 5.41) is 13.6. The van der Waals surface area contributed by atoms with Gasteiger partial charge in [0.25, 0.3) is 0 Å². The van der Waals surface area contributed by atoms with E-state index in [-0.39, 0.29) is 5.41 Å². The minimum absolute atomic E-state index is 0.0736. The van der Waals surface area contributed by atoms with Gasteiger partial charge in [-0.3, -0.25) is 0 Å². The molecule has 0 heterocycles. The van der Waals surface area contributed by atoms with Crippen molar-refractivity contribution in [3.05, 3.63) is 49.1 Å². The number of quaternary nitrogens is 1. The van der Waals surface area contributed by atoms with Crippen LogP contribution >= 0.6 is 0 Å². The minimum atomic E-state index is 0.0736. The molecule has 0 saturated heterocycles. The second-order valence-electron chi connectivity index (χ2n) is 6.17. The molecule has 0 fully saturated rings. The maximum Gasteiger partial charge on any atom is 0.147 e. The van der Waals surface area contributed by atoms with E-state index in [2.05, 4.69) is 36.0 Å². The highest BCUT2D eigenvalue weighted by Gasteiger charge is 2.14. The molecule has 0 aromatic heterocycles. The molecule has 0 atom stereocenters. The summed E-state index contributed by atoms with van der Waals surface area (Å²) in [6.45, 7) is 9.62. The van der Waals surface area contributed by atoms with Crippen molar-refractivity contribution in [2.24, 2.45) is 21.4 Å². The van der Waals surface area contributed by atoms with Gasteiger partial charge >= 0.3 is 0 Å². The van der Waals surface area contributed by atoms with Gasteiger partial charge in [0, 0.05) is 19.3 Å². The molecule has 0 unspecified atom stereocenters. The van der Waals surface area contributed by atoms with Crippen molar-refractivity contribution >= 4 is 11.4 Å². The first-order chi connectivity index (χ1) is 10.9. The molecule has 126 valence electrons. The summed E-state index contributed by atoms with van der Waals surface area (Å²) >= 11 is 0. The van der Waals surface area contributed by atoms with Gasteiger partial charge in [0.15, 0.2) is 0 Å². The summed E-state index contributed by atoms with van der Waals surface area (Å²) in [7, 11) is 3.84. The third kappa shape index (κ3) is 7.08. The molecule has 0 radical (unpaired) electrons. The Morgan fingerprint density at radius 2 is 2.04 bits per heavy atom. The highest BCUT2D eigenvalue weighted by atomic mass is 15.3. The summed E-state index contributed by atoms with van der Waals surface area (Å²) in [6.07, 6.45) is 3.80. The molecule has 0 bridgehead atoms. The first-order valence-corrected chi connectivity index (χ1v) is 7.71. The number of nitrogens with two attached hydrogens (primary N) is 2. The highest BCUT2D eigenvalue weighted by Crippen LogP contribution is 2.20. The Balaban J connectivity index is 2.58. The Morgan fingerprint density at radius 3 is 2.61 bits per heavy atom. The molecular formula is C17H29N6+. The SMILES string of the molecule is C=C(N=Nc1ccc(NCC(C)(C)CN)cc1)N(C)C=C[NH2+]C. The van der Waals surface area contributed by atoms with Crippen LogP contribution in [0, 0.1) is 5.41 Å². The molecule has 0 amide bonds. The van der Waals surface area contributed by atoms with Gasteiger partial charge in [-0.2, -0.15) is 0 Å². The number of nitrogens with one attached hydrogen (secondary N) is 1. The molecule has 1 aromatic rings. The number of benzene rings is 1. The van der Waals surface area contributed by atoms with Crippen LogP contribution in [0.5, 0.6) is 0 Å². The van der Waals surface area contributed by atoms with Crippen LogP contribution in [0.4, 0.5) is 11.4 Å². The van der Waals surface area contributed by atoms with E-state index in [0.717, 1.165) is 17.9 Å². The summed E-state index contributed by atoms with van der Waals surface area (Å²) in [6, 6.07) is 7.81. The average molecular weight is 317 g/mol. The first kappa shape index (κ1) is 18.9. The third-order valence-electron chi connectivity index (χ3n) is 3.38. The van der Waals surface area contributed by atoms with E-state index in [4.69, 9.17) is 5.73 Å². The summed E-state index contributed by atoms with van der Waals surface area (Å²) in [4.78, 5) is 1.81. The van der Waals surface area contributed by atoms with Crippen LogP contribution in [0.25, 0.3) is 0 Å². The zero-order chi connectivity index (χ0) is 17.3. The topological polar surface area (TPSA) is 82.6 Å². The predicted molar refractivity (Wildman–Crippen MR) is 96.2 cm³/mol. The van der Waals surface area contributed by atoms with Crippen molar-refractivity contribution in [2.45, 2.75) is 13.8 Å². The molecule has 23 heavy (non-hydrogen) atoms. The van der Waals surface area contributed by atoms with Gasteiger partial charge in [-0.1, -0.05) is 20.4 Å². The van der Waals surface area contributed by atoms with Crippen LogP contribution in [0.15, 0.2) is 59.3 Å². The quantitative estimate of drug-likeness (QED) is 0.611. The van der Waals surface area contributed by atoms with E-state index in [9.17, 15) is 0 Å². The van der Waals surface area contributed by atoms with Crippen molar-refractivity contribution in [1.82, 2.24) is 4.90 Å². The van der Waals surface area contributed by atoms with Crippen molar-refractivity contribution in [1.29, 1.82) is 0 Å². The van der Waals surface area contributed by atoms with E-state index in [1.54, 1.807) is 0 Å². The molecule has 0 aliphatic rings. The lowest BCUT2D eigenvalue weighted by atomic mass is 9.94. The molecule has 0 spiro atoms. The van der Waals surface area contributed by atoms with Crippen LogP contribution in [-0.4, -0.2) is 32.1 Å². The van der Waals surface area contributed by atoms with E-state index in [1.165, 1.54) is 0 Å². The molecule has 0 saturated carbocycles. The summed E-state index contributed by atoms with van der Waals surface area (Å²) < 4.78 is 0. The smallest absolute Gasteiger partial charge is 0.147 e. The number of azo groups is 1. The predicted octanol–water partition coefficient (Wildman–Crippen LogP) is 2.23. The Labute approximate surface area is 139 Å². The average Bonchev–Trinajstić information content (AvgIpc) is 2.56. The molecule has 1 rings (SSSR count). The second-order valence-corrected chi connectivity index (χ2v) is 6.17. The number of rotatable bonds is 9. The normalized spacial score (nSPS) is 12.0. The highest BCUT2D eigenvalue weighted by molar-refractivity contribution is 5.50. The van der Waals surface area contributed by atoms with E-state index in [0.29, 0.717) is 12.4 Å². The maximum atomic E-state index is 5.73. The van der Waals surface area contributed by atoms with Gasteiger partial charge in [-0.25, -0.2) is 0 Å². The maximum absolute atomic E-state index is 5.73. The van der Waals surface area contributed by atoms with Crippen LogP contribution < -0.4 is 16.4 Å². The number of nitrogens with zero attached hydrogens (tertiary/aromatic N) is 3. The zero-order valence-corrected chi connectivity index (χ0v) is 14.6. The van der Waals surface area contributed by atoms with Gasteiger partial charge in [0.1, 0.15) is 12.0 Å². The number of hydrogen-bond acceptors (Lipinski definition) is 5. The molecule has 0 aliphatic carbocycles. The van der Waals surface area contributed by atoms with Gasteiger partial charge < -0.3 is 21.3 Å². The van der Waals surface area contributed by atoms with Crippen LogP contribution in [0.1, 0.15) is 13.8 Å². The first-order valence-electron chi connectivity index (χ1n) is 7.71. The van der Waals surface area contributed by atoms with Gasteiger partial charge in [0.05, 0.1) is 18.9 Å². The molecule has 1 aromatic carbocycles. The van der Waals surface area contributed by atoms with Crippen LogP contribution in [0.2, 0.25) is 0 Å². The molecule has 5 N–H and O–H groups in total. The Kier molecular flexibility index (Phi) is 7.44. The molecule has 6 nitrogen and oxygen atoms in total. The van der Waals surface area contributed by atoms with Crippen LogP contribution in [-0.2, 0) is 0 Å². The fourth-order valence-electron chi connectivity index (χ4n) is 1.55. The molecule has 0 aliphatic heterocycles. The second kappa shape index (κ2) is 9.07. The van der Waals surface area contributed by atoms with E-state index in [1.807, 2.05) is 61.0 Å². The minimum Gasteiger partial charge on any atom is -0.384 e. The molecular weight excluding hydrogens is 288 g/mol. The Morgan fingerprint density at radius 1 is 1.39 bits per heavy atom. The van der Waals surface area contributed by atoms with Crippen molar-refractivity contribution in [3.63, 3.8) is 0 Å². The van der Waals surface area contributed by atoms with Crippen molar-refractivity contribution < 1.29 is 5.32 Å². The fourth-order valence-corrected chi connectivity index (χ4v) is 1.55. The van der Waals surface area contributed by atoms with E-state index < -0.39 is 0 Å². The van der Waals surface area contributed by atoms with Gasteiger partial charge in [-0.15, -0.1) is 10.2 Å². The lowest BCUT2D eigenvalue weighted by molar-refractivity contribution is -0.557. The number of anilines is 1. The Hall–Kier alpha value is -2.18. The fraction of sp³-hybridized carbons (Fsp3) is 0.412. The molecule has 6 heteroatoms. The lowest BCUT2D eigenvalue weighted by Crippen LogP contribution is -2.72. The van der Waals surface area contributed by atoms with Crippen molar-refractivity contribution in [3.8, 4) is 0 Å². The summed E-state index contributed by atoms with van der Waals surface area (Å²) in [5.41, 5.74) is 7.63. The van der Waals surface area contributed by atoms with Gasteiger partial charge in [0.2, 0.25) is 0 Å². The zero-order valence-electron chi connectivity index (χ0n) is 14.6. The monoisotopic (exact) mass is 317 g/mol. The standard InChI is InChI=1S/C17H28N6/c1-14(23(5)11-10-19-4)21-22-16-8-6-15(7-9-16)20-13-17(2,3)12-18/h6-11,19-20H,1,12-13,18H2,2-5H3/p+1. The van der Waals surface area contributed by atoms with Crippen molar-refractivity contribution in [2.75, 3.05) is 32.5 Å². The third-order valence-corrected chi connectivity index (χ3v) is 3.38.